The lowest BCUT2D eigenvalue weighted by Gasteiger charge is -2.19. The summed E-state index contributed by atoms with van der Waals surface area (Å²) in [6.45, 7) is 5.57. The van der Waals surface area contributed by atoms with Gasteiger partial charge in [0.15, 0.2) is 0 Å². The zero-order valence-corrected chi connectivity index (χ0v) is 12.3. The predicted molar refractivity (Wildman–Crippen MR) is 77.0 cm³/mol. The highest BCUT2D eigenvalue weighted by molar-refractivity contribution is 7.11. The van der Waals surface area contributed by atoms with E-state index in [9.17, 15) is 0 Å². The zero-order valence-electron chi connectivity index (χ0n) is 11.5. The summed E-state index contributed by atoms with van der Waals surface area (Å²) in [7, 11) is 0. The van der Waals surface area contributed by atoms with Gasteiger partial charge in [-0.05, 0) is 51.0 Å². The van der Waals surface area contributed by atoms with Crippen molar-refractivity contribution in [1.29, 1.82) is 0 Å². The fraction of sp³-hybridized carbons (Fsp3) is 0.800. The molecule has 2 aliphatic carbocycles. The van der Waals surface area contributed by atoms with Crippen LogP contribution < -0.4 is 5.32 Å². The Balaban J connectivity index is 1.66. The lowest BCUT2D eigenvalue weighted by atomic mass is 9.89. The van der Waals surface area contributed by atoms with Gasteiger partial charge in [0.2, 0.25) is 0 Å². The van der Waals surface area contributed by atoms with Gasteiger partial charge in [0.1, 0.15) is 0 Å². The van der Waals surface area contributed by atoms with Gasteiger partial charge in [-0.25, -0.2) is 4.98 Å². The number of nitrogens with zero attached hydrogens (tertiary/aromatic N) is 1. The molecule has 2 nitrogen and oxygen atoms in total. The first-order chi connectivity index (χ1) is 8.78. The number of nitrogens with one attached hydrogen (secondary N) is 1. The van der Waals surface area contributed by atoms with Crippen molar-refractivity contribution in [3.05, 3.63) is 16.1 Å². The van der Waals surface area contributed by atoms with Crippen LogP contribution in [0.2, 0.25) is 0 Å². The Morgan fingerprint density at radius 2 is 2.33 bits per heavy atom. The van der Waals surface area contributed by atoms with Gasteiger partial charge in [-0.15, -0.1) is 11.3 Å². The van der Waals surface area contributed by atoms with Crippen LogP contribution in [0.15, 0.2) is 6.20 Å². The highest BCUT2D eigenvalue weighted by Crippen LogP contribution is 2.53. The summed E-state index contributed by atoms with van der Waals surface area (Å²) in [5, 5.41) is 4.98. The van der Waals surface area contributed by atoms with Crippen LogP contribution in [0.3, 0.4) is 0 Å². The molecule has 1 heterocycles. The second-order valence-electron chi connectivity index (χ2n) is 6.06. The van der Waals surface area contributed by atoms with Crippen LogP contribution in [0.25, 0.3) is 0 Å². The maximum atomic E-state index is 4.72. The Bertz CT molecular complexity index is 401. The molecule has 0 radical (unpaired) electrons. The maximum Gasteiger partial charge on any atom is 0.0962 e. The summed E-state index contributed by atoms with van der Waals surface area (Å²) in [6.07, 6.45) is 9.13. The molecule has 0 saturated heterocycles. The molecule has 0 spiro atoms. The Kier molecular flexibility index (Phi) is 3.71. The molecule has 2 fully saturated rings. The third-order valence-electron chi connectivity index (χ3n) is 4.72. The van der Waals surface area contributed by atoms with E-state index in [1.54, 1.807) is 0 Å². The molecular formula is C15H24N2S. The first kappa shape index (κ1) is 12.6. The predicted octanol–water partition coefficient (Wildman–Crippen LogP) is 4.11. The average Bonchev–Trinajstić information content (AvgIpc) is 3.09. The van der Waals surface area contributed by atoms with Crippen LogP contribution in [0.4, 0.5) is 0 Å². The van der Waals surface area contributed by atoms with Crippen molar-refractivity contribution < 1.29 is 0 Å². The minimum absolute atomic E-state index is 0.467. The number of fused-ring (bicyclic) bond motifs is 2. The molecular weight excluding hydrogens is 240 g/mol. The van der Waals surface area contributed by atoms with E-state index in [0.29, 0.717) is 6.04 Å². The summed E-state index contributed by atoms with van der Waals surface area (Å²) in [6, 6.07) is 0.467. The van der Waals surface area contributed by atoms with Gasteiger partial charge in [-0.2, -0.15) is 0 Å². The van der Waals surface area contributed by atoms with Crippen LogP contribution >= 0.6 is 11.3 Å². The van der Waals surface area contributed by atoms with Crippen molar-refractivity contribution in [2.24, 2.45) is 11.8 Å². The number of rotatable bonds is 5. The number of thiazole rings is 1. The molecule has 4 atom stereocenters. The maximum absolute atomic E-state index is 4.72. The highest BCUT2D eigenvalue weighted by Gasteiger charge is 2.41. The number of aromatic nitrogens is 1. The molecule has 1 aromatic heterocycles. The smallest absolute Gasteiger partial charge is 0.0962 e. The molecule has 18 heavy (non-hydrogen) atoms. The van der Waals surface area contributed by atoms with E-state index in [4.69, 9.17) is 4.98 Å². The summed E-state index contributed by atoms with van der Waals surface area (Å²) in [5.74, 6) is 2.76. The third kappa shape index (κ3) is 2.35. The molecule has 3 heteroatoms. The summed E-state index contributed by atoms with van der Waals surface area (Å²) < 4.78 is 0. The third-order valence-corrected chi connectivity index (χ3v) is 6.04. The van der Waals surface area contributed by atoms with Crippen LogP contribution in [-0.4, -0.2) is 11.5 Å². The minimum Gasteiger partial charge on any atom is -0.309 e. The van der Waals surface area contributed by atoms with E-state index in [2.05, 4.69) is 25.4 Å². The molecule has 2 aliphatic rings. The monoisotopic (exact) mass is 264 g/mol. The van der Waals surface area contributed by atoms with Crippen LogP contribution in [0, 0.1) is 11.8 Å². The van der Waals surface area contributed by atoms with Crippen molar-refractivity contribution in [2.45, 2.75) is 57.9 Å². The molecule has 2 saturated carbocycles. The quantitative estimate of drug-likeness (QED) is 0.866. The first-order valence-electron chi connectivity index (χ1n) is 7.47. The number of hydrogen-bond donors (Lipinski definition) is 1. The van der Waals surface area contributed by atoms with E-state index in [1.807, 2.05) is 11.3 Å². The molecule has 4 unspecified atom stereocenters. The second-order valence-corrected chi connectivity index (χ2v) is 7.15. The van der Waals surface area contributed by atoms with Gasteiger partial charge in [0, 0.05) is 23.0 Å². The normalized spacial score (nSPS) is 32.0. The fourth-order valence-corrected chi connectivity index (χ4v) is 4.83. The van der Waals surface area contributed by atoms with Gasteiger partial charge < -0.3 is 5.32 Å². The Morgan fingerprint density at radius 3 is 3.00 bits per heavy atom. The molecule has 1 N–H and O–H groups in total. The standard InChI is InChI=1S/C15H24N2S/c1-3-6-16-10(2)14-9-17-15(18-14)13-8-11-4-5-12(13)7-11/h9-13,16H,3-8H2,1-2H3. The van der Waals surface area contributed by atoms with Crippen molar-refractivity contribution >= 4 is 11.3 Å². The Morgan fingerprint density at radius 1 is 1.44 bits per heavy atom. The molecule has 1 aromatic rings. The van der Waals surface area contributed by atoms with Crippen molar-refractivity contribution in [2.75, 3.05) is 6.54 Å². The van der Waals surface area contributed by atoms with E-state index in [0.717, 1.165) is 24.3 Å². The zero-order chi connectivity index (χ0) is 12.5. The molecule has 3 rings (SSSR count). The summed E-state index contributed by atoms with van der Waals surface area (Å²) in [4.78, 5) is 6.14. The van der Waals surface area contributed by atoms with Crippen LogP contribution in [-0.2, 0) is 0 Å². The van der Waals surface area contributed by atoms with Gasteiger partial charge in [0.05, 0.1) is 5.01 Å². The van der Waals surface area contributed by atoms with Gasteiger partial charge in [-0.1, -0.05) is 13.3 Å². The summed E-state index contributed by atoms with van der Waals surface area (Å²) >= 11 is 1.95. The van der Waals surface area contributed by atoms with Crippen molar-refractivity contribution in [3.8, 4) is 0 Å². The first-order valence-corrected chi connectivity index (χ1v) is 8.28. The van der Waals surface area contributed by atoms with Gasteiger partial charge in [-0.3, -0.25) is 0 Å². The molecule has 100 valence electrons. The lowest BCUT2D eigenvalue weighted by molar-refractivity contribution is 0.419. The van der Waals surface area contributed by atoms with Gasteiger partial charge in [0.25, 0.3) is 0 Å². The van der Waals surface area contributed by atoms with E-state index >= 15 is 0 Å². The molecule has 2 bridgehead atoms. The van der Waals surface area contributed by atoms with E-state index in [-0.39, 0.29) is 0 Å². The minimum atomic E-state index is 0.467. The van der Waals surface area contributed by atoms with Crippen LogP contribution in [0.1, 0.15) is 67.8 Å². The lowest BCUT2D eigenvalue weighted by Crippen LogP contribution is -2.18. The van der Waals surface area contributed by atoms with E-state index in [1.165, 1.54) is 42.0 Å². The highest BCUT2D eigenvalue weighted by atomic mass is 32.1. The fourth-order valence-electron chi connectivity index (χ4n) is 3.68. The SMILES string of the molecule is CCCNC(C)c1cnc(C2CC3CCC2C3)s1. The molecule has 0 aromatic carbocycles. The van der Waals surface area contributed by atoms with Gasteiger partial charge >= 0.3 is 0 Å². The molecule has 0 aliphatic heterocycles. The average molecular weight is 264 g/mol. The van der Waals surface area contributed by atoms with Crippen LogP contribution in [0.5, 0.6) is 0 Å². The summed E-state index contributed by atoms with van der Waals surface area (Å²) in [5.41, 5.74) is 0. The second kappa shape index (κ2) is 5.30. The Labute approximate surface area is 114 Å². The van der Waals surface area contributed by atoms with Crippen molar-refractivity contribution in [1.82, 2.24) is 10.3 Å². The Hall–Kier alpha value is -0.410. The van der Waals surface area contributed by atoms with E-state index < -0.39 is 0 Å². The van der Waals surface area contributed by atoms with Crippen molar-refractivity contribution in [3.63, 3.8) is 0 Å². The molecule has 0 amide bonds. The number of hydrogen-bond acceptors (Lipinski definition) is 3. The topological polar surface area (TPSA) is 24.9 Å². The largest absolute Gasteiger partial charge is 0.309 e.